The molecule has 0 aliphatic carbocycles. The molecule has 0 saturated carbocycles. The fourth-order valence-electron chi connectivity index (χ4n) is 5.63. The number of allylic oxidation sites excluding steroid dienone is 4. The van der Waals surface area contributed by atoms with Gasteiger partial charge in [0.15, 0.2) is 0 Å². The van der Waals surface area contributed by atoms with E-state index in [9.17, 15) is 9.90 Å². The van der Waals surface area contributed by atoms with Crippen LogP contribution < -0.4 is 10.8 Å². The zero-order chi connectivity index (χ0) is 31.0. The van der Waals surface area contributed by atoms with Crippen LogP contribution in [-0.4, -0.2) is 22.4 Å². The highest BCUT2D eigenvalue weighted by atomic mass is 16.7. The maximum atomic E-state index is 11.9. The van der Waals surface area contributed by atoms with Gasteiger partial charge in [-0.3, -0.25) is 0 Å². The van der Waals surface area contributed by atoms with Crippen molar-refractivity contribution in [3.8, 4) is 17.2 Å². The van der Waals surface area contributed by atoms with Crippen LogP contribution in [0.5, 0.6) is 5.95 Å². The second-order valence-electron chi connectivity index (χ2n) is 13.4. The van der Waals surface area contributed by atoms with Crippen molar-refractivity contribution in [1.82, 2.24) is 5.16 Å². The summed E-state index contributed by atoms with van der Waals surface area (Å²) in [7, 11) is 0. The molecule has 0 atom stereocenters. The van der Waals surface area contributed by atoms with Gasteiger partial charge in [0.05, 0.1) is 22.8 Å². The van der Waals surface area contributed by atoms with Crippen LogP contribution in [0, 0.1) is 10.8 Å². The molecule has 1 aliphatic heterocycles. The zero-order valence-corrected chi connectivity index (χ0v) is 25.8. The summed E-state index contributed by atoms with van der Waals surface area (Å²) in [5.74, 6) is -1.02. The molecule has 2 aromatic carbocycles. The quantitative estimate of drug-likeness (QED) is 0.183. The minimum Gasteiger partial charge on any atom is -0.544 e. The molecule has 1 aromatic heterocycles. The summed E-state index contributed by atoms with van der Waals surface area (Å²) in [6.45, 7) is 16.1. The van der Waals surface area contributed by atoms with E-state index >= 15 is 0 Å². The van der Waals surface area contributed by atoms with Crippen LogP contribution in [-0.2, 0) is 9.63 Å². The van der Waals surface area contributed by atoms with Crippen LogP contribution >= 0.6 is 0 Å². The molecule has 7 nitrogen and oxygen atoms in total. The van der Waals surface area contributed by atoms with Crippen LogP contribution in [0.3, 0.4) is 0 Å². The van der Waals surface area contributed by atoms with E-state index in [1.54, 1.807) is 30.4 Å². The molecule has 0 radical (unpaired) electrons. The minimum absolute atomic E-state index is 0.203. The van der Waals surface area contributed by atoms with E-state index in [0.717, 1.165) is 11.1 Å². The molecular formula is C35H43N3O4. The summed E-state index contributed by atoms with van der Waals surface area (Å²) in [5.41, 5.74) is 8.49. The average molecular weight is 570 g/mol. The van der Waals surface area contributed by atoms with Gasteiger partial charge in [0, 0.05) is 23.1 Å². The number of benzene rings is 2. The van der Waals surface area contributed by atoms with E-state index in [-0.39, 0.29) is 5.54 Å². The van der Waals surface area contributed by atoms with E-state index in [0.29, 0.717) is 33.4 Å². The van der Waals surface area contributed by atoms with Gasteiger partial charge < -0.3 is 20.2 Å². The van der Waals surface area contributed by atoms with Gasteiger partial charge in [0.2, 0.25) is 0 Å². The van der Waals surface area contributed by atoms with Crippen molar-refractivity contribution in [2.75, 3.05) is 0 Å². The highest BCUT2D eigenvalue weighted by molar-refractivity contribution is 6.28. The Morgan fingerprint density at radius 1 is 0.833 bits per heavy atom. The molecule has 0 spiro atoms. The molecule has 0 fully saturated rings. The Bertz CT molecular complexity index is 1430. The molecule has 222 valence electrons. The minimum atomic E-state index is -0.510. The van der Waals surface area contributed by atoms with Gasteiger partial charge in [-0.15, -0.1) is 0 Å². The number of aromatic nitrogens is 1. The Hall–Kier alpha value is -4.23. The number of hydrogen-bond donors (Lipinski definition) is 1. The molecule has 0 bridgehead atoms. The van der Waals surface area contributed by atoms with Crippen molar-refractivity contribution in [1.29, 1.82) is 0 Å². The molecule has 1 aliphatic rings. The highest BCUT2D eigenvalue weighted by Gasteiger charge is 2.32. The first-order chi connectivity index (χ1) is 19.7. The number of oxime groups is 1. The van der Waals surface area contributed by atoms with Crippen LogP contribution in [0.4, 0.5) is 0 Å². The van der Waals surface area contributed by atoms with Crippen molar-refractivity contribution < 1.29 is 25.0 Å². The molecule has 0 amide bonds. The predicted octanol–water partition coefficient (Wildman–Crippen LogP) is 6.73. The smallest absolute Gasteiger partial charge is 0.368 e. The lowest BCUT2D eigenvalue weighted by Gasteiger charge is -2.35. The van der Waals surface area contributed by atoms with Crippen molar-refractivity contribution in [3.63, 3.8) is 0 Å². The highest BCUT2D eigenvalue weighted by Crippen LogP contribution is 2.37. The first-order valence-electron chi connectivity index (χ1n) is 14.1. The van der Waals surface area contributed by atoms with Gasteiger partial charge in [-0.05, 0) is 37.2 Å². The van der Waals surface area contributed by atoms with Gasteiger partial charge in [0.25, 0.3) is 0 Å². The van der Waals surface area contributed by atoms with Gasteiger partial charge in [0.1, 0.15) is 5.71 Å². The molecule has 0 unspecified atom stereocenters. The molecule has 2 heterocycles. The Kier molecular flexibility index (Phi) is 10.5. The SMILES string of the molecule is CC(C)(C)CC(C)(C)CC(C)(C)[NH3+].O=C1ON=C(c2ccccc2)/C1=C/C=C/C=C/c1c(-c2ccccc2)noc1[O-]. The second-order valence-corrected chi connectivity index (χ2v) is 13.4. The van der Waals surface area contributed by atoms with E-state index in [4.69, 9.17) is 9.36 Å². The van der Waals surface area contributed by atoms with Crippen molar-refractivity contribution in [2.24, 2.45) is 16.0 Å². The van der Waals surface area contributed by atoms with E-state index in [2.05, 4.69) is 64.5 Å². The summed E-state index contributed by atoms with van der Waals surface area (Å²) in [6.07, 6.45) is 10.7. The molecule has 42 heavy (non-hydrogen) atoms. The van der Waals surface area contributed by atoms with Crippen molar-refractivity contribution in [3.05, 3.63) is 102 Å². The monoisotopic (exact) mass is 569 g/mol. The van der Waals surface area contributed by atoms with Crippen molar-refractivity contribution >= 4 is 17.8 Å². The van der Waals surface area contributed by atoms with E-state index < -0.39 is 11.9 Å². The van der Waals surface area contributed by atoms with E-state index in [1.165, 1.54) is 12.8 Å². The number of hydrogen-bond acceptors (Lipinski definition) is 6. The Balaban J connectivity index is 0.000000316. The molecule has 3 N–H and O–H groups in total. The number of rotatable bonds is 8. The molecule has 7 heteroatoms. The summed E-state index contributed by atoms with van der Waals surface area (Å²) < 4.78 is 4.80. The summed E-state index contributed by atoms with van der Waals surface area (Å²) in [4.78, 5) is 16.7. The van der Waals surface area contributed by atoms with Crippen molar-refractivity contribution in [2.45, 2.75) is 66.8 Å². The third-order valence-corrected chi connectivity index (χ3v) is 6.20. The van der Waals surface area contributed by atoms with E-state index in [1.807, 2.05) is 60.7 Å². The topological polar surface area (TPSA) is 115 Å². The van der Waals surface area contributed by atoms with Gasteiger partial charge in [-0.25, -0.2) is 4.79 Å². The van der Waals surface area contributed by atoms with Crippen LogP contribution in [0.25, 0.3) is 17.3 Å². The number of nitrogens with zero attached hydrogens (tertiary/aromatic N) is 2. The number of quaternary nitrogens is 1. The normalized spacial score (nSPS) is 15.2. The first-order valence-corrected chi connectivity index (χ1v) is 14.1. The third kappa shape index (κ3) is 10.00. The lowest BCUT2D eigenvalue weighted by molar-refractivity contribution is -0.471. The zero-order valence-electron chi connectivity index (χ0n) is 25.8. The van der Waals surface area contributed by atoms with Crippen LogP contribution in [0.2, 0.25) is 0 Å². The molecule has 4 rings (SSSR count). The maximum Gasteiger partial charge on any atom is 0.368 e. The number of carbonyl (C=O) groups is 1. The lowest BCUT2D eigenvalue weighted by atomic mass is 9.71. The molecule has 3 aromatic rings. The Morgan fingerprint density at radius 3 is 2.00 bits per heavy atom. The molecular weight excluding hydrogens is 526 g/mol. The maximum absolute atomic E-state index is 11.9. The van der Waals surface area contributed by atoms with Gasteiger partial charge >= 0.3 is 5.97 Å². The second kappa shape index (κ2) is 13.6. The van der Waals surface area contributed by atoms with Crippen LogP contribution in [0.1, 0.15) is 72.4 Å². The predicted molar refractivity (Wildman–Crippen MR) is 166 cm³/mol. The lowest BCUT2D eigenvalue weighted by Crippen LogP contribution is -2.70. The first kappa shape index (κ1) is 32.3. The van der Waals surface area contributed by atoms with Gasteiger partial charge in [-0.1, -0.05) is 125 Å². The number of carbonyl (C=O) groups excluding carboxylic acids is 1. The summed E-state index contributed by atoms with van der Waals surface area (Å²) in [5, 5.41) is 19.6. The van der Waals surface area contributed by atoms with Gasteiger partial charge in [-0.2, -0.15) is 5.16 Å². The Morgan fingerprint density at radius 2 is 1.43 bits per heavy atom. The summed E-state index contributed by atoms with van der Waals surface area (Å²) >= 11 is 0. The third-order valence-electron chi connectivity index (χ3n) is 6.20. The fourth-order valence-corrected chi connectivity index (χ4v) is 5.63. The standard InChI is InChI=1S/C23H16N2O4.C12H27N/c26-22-18(20(24-28-22)16-10-4-1-5-11-16)14-8-3-9-15-19-21(25-29-23(19)27)17-12-6-2-7-13-17;1-10(2,3)8-11(4,5)9-12(6,7)13/h1-15,26H;8-9,13H2,1-7H3/b9-3+,14-8+,19-15-;. The molecule has 0 saturated heterocycles. The Labute approximate surface area is 249 Å². The summed E-state index contributed by atoms with van der Waals surface area (Å²) in [6, 6.07) is 18.6. The fraction of sp³-hybridized carbons (Fsp3) is 0.343. The average Bonchev–Trinajstić information content (AvgIpc) is 3.44. The largest absolute Gasteiger partial charge is 0.544 e. The van der Waals surface area contributed by atoms with Crippen LogP contribution in [0.15, 0.2) is 100 Å².